The van der Waals surface area contributed by atoms with Gasteiger partial charge in [-0.3, -0.25) is 4.79 Å². The van der Waals surface area contributed by atoms with Crippen molar-refractivity contribution < 1.29 is 28.5 Å². The highest BCUT2D eigenvalue weighted by Gasteiger charge is 2.58. The van der Waals surface area contributed by atoms with E-state index in [1.54, 1.807) is 4.90 Å². The number of benzene rings is 1. The molecule has 0 aliphatic carbocycles. The zero-order valence-corrected chi connectivity index (χ0v) is 20.3. The Balaban J connectivity index is 1.63. The molecule has 180 valence electrons. The minimum absolute atomic E-state index is 0.0311. The lowest BCUT2D eigenvalue weighted by molar-refractivity contribution is -0.177. The Kier molecular flexibility index (Phi) is 6.53. The zero-order chi connectivity index (χ0) is 24.0. The third-order valence-corrected chi connectivity index (χ3v) is 6.71. The standard InChI is InChI=1S/C26H35NO6/c1-7-18-21(16(2)13-17-11-9-8-10-12-17)27(24(18)29)19(14-28)22-23(33-26(5,6)32-22)20-15-30-25(3,4)31-20/h8-14,18-23H,7,15H2,1-6H3/b16-13+/t18-,19-,20+,21+,22+,23+/m0/s1. The second kappa shape index (κ2) is 8.95. The maximum Gasteiger partial charge on any atom is 0.229 e. The molecule has 0 spiro atoms. The fourth-order valence-corrected chi connectivity index (χ4v) is 5.29. The molecule has 1 aromatic carbocycles. The Hall–Kier alpha value is -2.06. The summed E-state index contributed by atoms with van der Waals surface area (Å²) in [6.07, 6.45) is 2.01. The third-order valence-electron chi connectivity index (χ3n) is 6.71. The van der Waals surface area contributed by atoms with E-state index in [0.29, 0.717) is 13.0 Å². The van der Waals surface area contributed by atoms with E-state index in [4.69, 9.17) is 18.9 Å². The Morgan fingerprint density at radius 2 is 1.82 bits per heavy atom. The van der Waals surface area contributed by atoms with E-state index >= 15 is 0 Å². The van der Waals surface area contributed by atoms with Crippen LogP contribution in [-0.2, 0) is 28.5 Å². The molecule has 0 bridgehead atoms. The number of ether oxygens (including phenoxy) is 4. The van der Waals surface area contributed by atoms with E-state index in [2.05, 4.69) is 6.08 Å². The molecule has 0 saturated carbocycles. The highest BCUT2D eigenvalue weighted by atomic mass is 16.8. The molecule has 0 unspecified atom stereocenters. The molecule has 3 fully saturated rings. The number of β-lactam (4-membered cyclic amide) rings is 1. The highest BCUT2D eigenvalue weighted by molar-refractivity contribution is 5.90. The SMILES string of the molecule is CC[C@@H]1C(=O)N([C@@H](C=O)[C@H]2OC(C)(C)O[C@@H]2[C@H]2COC(C)(C)O2)[C@@H]1/C(C)=C/c1ccccc1. The molecule has 4 rings (SSSR count). The largest absolute Gasteiger partial charge is 0.348 e. The molecule has 0 radical (unpaired) electrons. The van der Waals surface area contributed by atoms with Gasteiger partial charge in [-0.1, -0.05) is 43.3 Å². The summed E-state index contributed by atoms with van der Waals surface area (Å²) in [7, 11) is 0. The number of amides is 1. The van der Waals surface area contributed by atoms with Crippen molar-refractivity contribution in [2.24, 2.45) is 5.92 Å². The number of nitrogens with zero attached hydrogens (tertiary/aromatic N) is 1. The van der Waals surface area contributed by atoms with E-state index in [1.807, 2.05) is 71.9 Å². The van der Waals surface area contributed by atoms with Crippen LogP contribution < -0.4 is 0 Å². The van der Waals surface area contributed by atoms with Crippen LogP contribution in [0.2, 0.25) is 0 Å². The second-order valence-electron chi connectivity index (χ2n) is 10.1. The van der Waals surface area contributed by atoms with Crippen molar-refractivity contribution in [2.45, 2.75) is 89.9 Å². The van der Waals surface area contributed by atoms with Crippen molar-refractivity contribution in [3.8, 4) is 0 Å². The van der Waals surface area contributed by atoms with Crippen molar-refractivity contribution in [2.75, 3.05) is 6.61 Å². The van der Waals surface area contributed by atoms with Gasteiger partial charge in [0.25, 0.3) is 0 Å². The number of hydrogen-bond acceptors (Lipinski definition) is 6. The summed E-state index contributed by atoms with van der Waals surface area (Å²) in [5.74, 6) is -1.84. The van der Waals surface area contributed by atoms with E-state index in [1.165, 1.54) is 0 Å². The lowest BCUT2D eigenvalue weighted by atomic mass is 9.78. The van der Waals surface area contributed by atoms with E-state index in [0.717, 1.165) is 17.4 Å². The molecule has 7 heteroatoms. The average Bonchev–Trinajstić information content (AvgIpc) is 3.28. The molecule has 3 aliphatic rings. The molecule has 6 atom stereocenters. The average molecular weight is 458 g/mol. The summed E-state index contributed by atoms with van der Waals surface area (Å²) >= 11 is 0. The van der Waals surface area contributed by atoms with Gasteiger partial charge in [0, 0.05) is 0 Å². The summed E-state index contributed by atoms with van der Waals surface area (Å²) in [6.45, 7) is 11.7. The Morgan fingerprint density at radius 1 is 1.12 bits per heavy atom. The maximum atomic E-state index is 13.2. The number of hydrogen-bond donors (Lipinski definition) is 0. The molecule has 3 aliphatic heterocycles. The van der Waals surface area contributed by atoms with Crippen molar-refractivity contribution in [3.05, 3.63) is 41.5 Å². The molecule has 7 nitrogen and oxygen atoms in total. The van der Waals surface area contributed by atoms with Crippen LogP contribution in [0.1, 0.15) is 53.5 Å². The van der Waals surface area contributed by atoms with Crippen LogP contribution in [-0.4, -0.2) is 65.7 Å². The minimum atomic E-state index is -0.908. The van der Waals surface area contributed by atoms with Gasteiger partial charge in [-0.25, -0.2) is 0 Å². The highest BCUT2D eigenvalue weighted by Crippen LogP contribution is 2.42. The molecule has 33 heavy (non-hydrogen) atoms. The lowest BCUT2D eigenvalue weighted by Gasteiger charge is -2.51. The summed E-state index contributed by atoms with van der Waals surface area (Å²) in [6, 6.07) is 9.02. The second-order valence-corrected chi connectivity index (χ2v) is 10.1. The topological polar surface area (TPSA) is 74.3 Å². The van der Waals surface area contributed by atoms with E-state index < -0.39 is 35.9 Å². The molecule has 3 heterocycles. The Labute approximate surface area is 196 Å². The van der Waals surface area contributed by atoms with Gasteiger partial charge < -0.3 is 28.6 Å². The van der Waals surface area contributed by atoms with Crippen LogP contribution in [0.5, 0.6) is 0 Å². The van der Waals surface area contributed by atoms with Gasteiger partial charge in [-0.2, -0.15) is 0 Å². The molecule has 1 aromatic rings. The van der Waals surface area contributed by atoms with Crippen LogP contribution in [0.15, 0.2) is 35.9 Å². The smallest absolute Gasteiger partial charge is 0.229 e. The maximum absolute atomic E-state index is 13.2. The fourth-order valence-electron chi connectivity index (χ4n) is 5.29. The predicted molar refractivity (Wildman–Crippen MR) is 123 cm³/mol. The first kappa shape index (κ1) is 24.1. The van der Waals surface area contributed by atoms with Gasteiger partial charge in [0.2, 0.25) is 5.91 Å². The van der Waals surface area contributed by atoms with E-state index in [-0.39, 0.29) is 17.9 Å². The van der Waals surface area contributed by atoms with Gasteiger partial charge in [0.15, 0.2) is 11.6 Å². The van der Waals surface area contributed by atoms with E-state index in [9.17, 15) is 9.59 Å². The van der Waals surface area contributed by atoms with Crippen molar-refractivity contribution in [3.63, 3.8) is 0 Å². The quantitative estimate of drug-likeness (QED) is 0.460. The molecule has 0 N–H and O–H groups in total. The first-order valence-electron chi connectivity index (χ1n) is 11.7. The number of aldehydes is 1. The number of rotatable bonds is 7. The van der Waals surface area contributed by atoms with Crippen LogP contribution in [0, 0.1) is 5.92 Å². The summed E-state index contributed by atoms with van der Waals surface area (Å²) in [5, 5.41) is 0. The fraction of sp³-hybridized carbons (Fsp3) is 0.615. The van der Waals surface area contributed by atoms with Gasteiger partial charge in [0.1, 0.15) is 30.6 Å². The van der Waals surface area contributed by atoms with Crippen molar-refractivity contribution in [1.82, 2.24) is 4.90 Å². The molecule has 3 saturated heterocycles. The minimum Gasteiger partial charge on any atom is -0.348 e. The van der Waals surface area contributed by atoms with Gasteiger partial charge in [0.05, 0.1) is 18.6 Å². The molecular formula is C26H35NO6. The molecule has 0 aromatic heterocycles. The van der Waals surface area contributed by atoms with Crippen LogP contribution in [0.25, 0.3) is 6.08 Å². The number of carbonyl (C=O) groups is 2. The van der Waals surface area contributed by atoms with Crippen molar-refractivity contribution in [1.29, 1.82) is 0 Å². The van der Waals surface area contributed by atoms with Crippen LogP contribution in [0.3, 0.4) is 0 Å². The molecule has 1 amide bonds. The zero-order valence-electron chi connectivity index (χ0n) is 20.3. The van der Waals surface area contributed by atoms with Gasteiger partial charge >= 0.3 is 0 Å². The number of likely N-dealkylation sites (tertiary alicyclic amines) is 1. The van der Waals surface area contributed by atoms with Crippen LogP contribution >= 0.6 is 0 Å². The summed E-state index contributed by atoms with van der Waals surface area (Å²) in [4.78, 5) is 27.3. The number of carbonyl (C=O) groups excluding carboxylic acids is 2. The Bertz CT molecular complexity index is 911. The molecular weight excluding hydrogens is 422 g/mol. The monoisotopic (exact) mass is 457 g/mol. The van der Waals surface area contributed by atoms with Gasteiger partial charge in [-0.05, 0) is 52.2 Å². The first-order valence-corrected chi connectivity index (χ1v) is 11.7. The normalized spacial score (nSPS) is 34.2. The Morgan fingerprint density at radius 3 is 2.39 bits per heavy atom. The van der Waals surface area contributed by atoms with Gasteiger partial charge in [-0.15, -0.1) is 0 Å². The van der Waals surface area contributed by atoms with Crippen LogP contribution in [0.4, 0.5) is 0 Å². The summed E-state index contributed by atoms with van der Waals surface area (Å²) < 4.78 is 24.2. The van der Waals surface area contributed by atoms with Crippen molar-refractivity contribution >= 4 is 18.3 Å². The lowest BCUT2D eigenvalue weighted by Crippen LogP contribution is -2.68. The predicted octanol–water partition coefficient (Wildman–Crippen LogP) is 3.57. The first-order chi connectivity index (χ1) is 15.6. The third kappa shape index (κ3) is 4.64. The summed E-state index contributed by atoms with van der Waals surface area (Å²) in [5.41, 5.74) is 2.10.